The topological polar surface area (TPSA) is 62.7 Å². The maximum absolute atomic E-state index is 14.6. The Hall–Kier alpha value is -2.21. The number of aromatic nitrogens is 1. The van der Waals surface area contributed by atoms with Gasteiger partial charge in [0.25, 0.3) is 0 Å². The van der Waals surface area contributed by atoms with Crippen LogP contribution in [0.3, 0.4) is 0 Å². The molecule has 0 spiro atoms. The van der Waals surface area contributed by atoms with Gasteiger partial charge in [0.1, 0.15) is 5.67 Å². The molecule has 0 bridgehead atoms. The first-order valence-corrected chi connectivity index (χ1v) is 10.9. The van der Waals surface area contributed by atoms with Crippen LogP contribution in [0.1, 0.15) is 52.0 Å². The number of carbonyl (C=O) groups is 1. The van der Waals surface area contributed by atoms with E-state index in [4.69, 9.17) is 9.84 Å². The summed E-state index contributed by atoms with van der Waals surface area (Å²) in [6.45, 7) is 8.78. The second-order valence-electron chi connectivity index (χ2n) is 8.86. The number of ether oxygens (including phenoxy) is 1. The van der Waals surface area contributed by atoms with Gasteiger partial charge >= 0.3 is 5.97 Å². The van der Waals surface area contributed by atoms with Crippen LogP contribution in [-0.4, -0.2) is 52.9 Å². The molecule has 0 aromatic carbocycles. The number of aliphatic carboxylic acids is 1. The van der Waals surface area contributed by atoms with Crippen molar-refractivity contribution in [2.45, 2.75) is 57.5 Å². The second-order valence-corrected chi connectivity index (χ2v) is 8.86. The van der Waals surface area contributed by atoms with Crippen molar-refractivity contribution < 1.29 is 19.0 Å². The van der Waals surface area contributed by atoms with E-state index < -0.39 is 11.6 Å². The molecular weight excluding hydrogens is 383 g/mol. The first-order chi connectivity index (χ1) is 14.3. The van der Waals surface area contributed by atoms with Gasteiger partial charge in [-0.15, -0.1) is 0 Å². The Labute approximate surface area is 178 Å². The van der Waals surface area contributed by atoms with Crippen LogP contribution in [0.15, 0.2) is 42.1 Å². The summed E-state index contributed by atoms with van der Waals surface area (Å²) >= 11 is 0. The van der Waals surface area contributed by atoms with Crippen molar-refractivity contribution in [2.24, 2.45) is 5.92 Å². The molecule has 2 atom stereocenters. The molecule has 2 heterocycles. The number of allylic oxidation sites excluding steroid dienone is 2. The van der Waals surface area contributed by atoms with E-state index in [-0.39, 0.29) is 5.41 Å². The Morgan fingerprint density at radius 1 is 1.40 bits per heavy atom. The molecule has 0 radical (unpaired) electrons. The monoisotopic (exact) mass is 416 g/mol. The van der Waals surface area contributed by atoms with Gasteiger partial charge in [-0.2, -0.15) is 0 Å². The SMILES string of the molecule is CCC(F)(CC)CN1CCC(COc2ccc(C3(C)C=CC(C(=O)O)=CC3)cn2)C1. The lowest BCUT2D eigenvalue weighted by molar-refractivity contribution is -0.132. The third kappa shape index (κ3) is 5.28. The van der Waals surface area contributed by atoms with Gasteiger partial charge in [-0.1, -0.05) is 45.1 Å². The maximum atomic E-state index is 14.6. The van der Waals surface area contributed by atoms with Crippen molar-refractivity contribution in [2.75, 3.05) is 26.2 Å². The predicted molar refractivity (Wildman–Crippen MR) is 116 cm³/mol. The van der Waals surface area contributed by atoms with Crippen LogP contribution in [-0.2, 0) is 10.2 Å². The lowest BCUT2D eigenvalue weighted by atomic mass is 9.77. The summed E-state index contributed by atoms with van der Waals surface area (Å²) in [4.78, 5) is 17.7. The van der Waals surface area contributed by atoms with E-state index >= 15 is 0 Å². The number of nitrogens with zero attached hydrogens (tertiary/aromatic N) is 2. The standard InChI is InChI=1S/C24H33FN2O3/c1-4-24(25,5-2)17-27-13-10-18(15-27)16-30-21-7-6-20(14-26-21)23(3)11-8-19(9-12-23)22(28)29/h6-9,11,14,18H,4-5,10,12-13,15-17H2,1-3H3,(H,28,29). The first-order valence-electron chi connectivity index (χ1n) is 10.9. The molecule has 1 N–H and O–H groups in total. The zero-order chi connectivity index (χ0) is 21.8. The summed E-state index contributed by atoms with van der Waals surface area (Å²) in [6, 6.07) is 3.87. The van der Waals surface area contributed by atoms with Crippen LogP contribution >= 0.6 is 0 Å². The van der Waals surface area contributed by atoms with Crippen LogP contribution in [0.4, 0.5) is 4.39 Å². The summed E-state index contributed by atoms with van der Waals surface area (Å²) < 4.78 is 20.5. The van der Waals surface area contributed by atoms with E-state index in [1.165, 1.54) is 0 Å². The average Bonchev–Trinajstić information content (AvgIpc) is 3.19. The number of carboxylic acid groups (broad SMARTS) is 1. The van der Waals surface area contributed by atoms with Gasteiger partial charge in [-0.3, -0.25) is 4.90 Å². The van der Waals surface area contributed by atoms with Gasteiger partial charge in [0.05, 0.1) is 12.2 Å². The lowest BCUT2D eigenvalue weighted by Crippen LogP contribution is -2.38. The molecule has 30 heavy (non-hydrogen) atoms. The quantitative estimate of drug-likeness (QED) is 0.640. The molecule has 1 fully saturated rings. The van der Waals surface area contributed by atoms with Crippen LogP contribution in [0.2, 0.25) is 0 Å². The number of pyridine rings is 1. The third-order valence-corrected chi connectivity index (χ3v) is 6.63. The minimum Gasteiger partial charge on any atom is -0.478 e. The predicted octanol–water partition coefficient (Wildman–Crippen LogP) is 4.54. The van der Waals surface area contributed by atoms with Crippen LogP contribution in [0.25, 0.3) is 0 Å². The fourth-order valence-corrected chi connectivity index (χ4v) is 4.18. The van der Waals surface area contributed by atoms with Gasteiger partial charge < -0.3 is 9.84 Å². The Bertz CT molecular complexity index is 801. The molecule has 1 aromatic heterocycles. The van der Waals surface area contributed by atoms with Crippen LogP contribution < -0.4 is 4.74 Å². The number of hydrogen-bond donors (Lipinski definition) is 1. The van der Waals surface area contributed by atoms with E-state index in [0.717, 1.165) is 25.1 Å². The van der Waals surface area contributed by atoms with Crippen LogP contribution in [0, 0.1) is 5.92 Å². The third-order valence-electron chi connectivity index (χ3n) is 6.63. The molecular formula is C24H33FN2O3. The number of hydrogen-bond acceptors (Lipinski definition) is 4. The van der Waals surface area contributed by atoms with Gasteiger partial charge in [0.15, 0.2) is 0 Å². The normalized spacial score (nSPS) is 24.7. The molecule has 0 amide bonds. The largest absolute Gasteiger partial charge is 0.478 e. The Morgan fingerprint density at radius 3 is 2.73 bits per heavy atom. The highest BCUT2D eigenvalue weighted by Crippen LogP contribution is 2.34. The van der Waals surface area contributed by atoms with Gasteiger partial charge in [-0.25, -0.2) is 14.2 Å². The molecule has 0 saturated carbocycles. The van der Waals surface area contributed by atoms with Crippen molar-refractivity contribution in [1.82, 2.24) is 9.88 Å². The highest BCUT2D eigenvalue weighted by molar-refractivity contribution is 5.90. The molecule has 1 saturated heterocycles. The van der Waals surface area contributed by atoms with Gasteiger partial charge in [0, 0.05) is 36.7 Å². The number of halogens is 1. The number of carboxylic acids is 1. The highest BCUT2D eigenvalue weighted by atomic mass is 19.1. The van der Waals surface area contributed by atoms with Crippen molar-refractivity contribution in [3.8, 4) is 5.88 Å². The minimum absolute atomic E-state index is 0.270. The molecule has 164 valence electrons. The van der Waals surface area contributed by atoms with E-state index in [0.29, 0.717) is 49.8 Å². The van der Waals surface area contributed by atoms with Crippen molar-refractivity contribution >= 4 is 5.97 Å². The molecule has 6 heteroatoms. The number of likely N-dealkylation sites (tertiary alicyclic amines) is 1. The molecule has 1 aliphatic heterocycles. The lowest BCUT2D eigenvalue weighted by Gasteiger charge is -2.28. The number of alkyl halides is 1. The van der Waals surface area contributed by atoms with Gasteiger partial charge in [0.2, 0.25) is 5.88 Å². The van der Waals surface area contributed by atoms with Crippen LogP contribution in [0.5, 0.6) is 5.88 Å². The summed E-state index contributed by atoms with van der Waals surface area (Å²) in [5, 5.41) is 9.09. The molecule has 2 unspecified atom stereocenters. The fraction of sp³-hybridized carbons (Fsp3) is 0.583. The van der Waals surface area contributed by atoms with E-state index in [9.17, 15) is 9.18 Å². The molecule has 5 nitrogen and oxygen atoms in total. The highest BCUT2D eigenvalue weighted by Gasteiger charge is 2.32. The van der Waals surface area contributed by atoms with E-state index in [2.05, 4.69) is 16.8 Å². The zero-order valence-electron chi connectivity index (χ0n) is 18.2. The molecule has 3 rings (SSSR count). The van der Waals surface area contributed by atoms with E-state index in [1.54, 1.807) is 18.3 Å². The van der Waals surface area contributed by atoms with Crippen molar-refractivity contribution in [1.29, 1.82) is 0 Å². The first kappa shape index (κ1) is 22.5. The smallest absolute Gasteiger partial charge is 0.335 e. The van der Waals surface area contributed by atoms with Crippen molar-refractivity contribution in [3.63, 3.8) is 0 Å². The molecule has 1 aromatic rings. The maximum Gasteiger partial charge on any atom is 0.335 e. The Morgan fingerprint density at radius 2 is 2.17 bits per heavy atom. The summed E-state index contributed by atoms with van der Waals surface area (Å²) in [7, 11) is 0. The summed E-state index contributed by atoms with van der Waals surface area (Å²) in [6.07, 6.45) is 9.89. The number of rotatable bonds is 9. The Balaban J connectivity index is 1.50. The summed E-state index contributed by atoms with van der Waals surface area (Å²) in [5.74, 6) is 0.0781. The van der Waals surface area contributed by atoms with Gasteiger partial charge in [-0.05, 0) is 37.8 Å². The zero-order valence-corrected chi connectivity index (χ0v) is 18.2. The van der Waals surface area contributed by atoms with E-state index in [1.807, 2.05) is 32.1 Å². The fourth-order valence-electron chi connectivity index (χ4n) is 4.18. The second kappa shape index (κ2) is 9.29. The Kier molecular flexibility index (Phi) is 6.96. The molecule has 1 aliphatic carbocycles. The van der Waals surface area contributed by atoms with Crippen molar-refractivity contribution in [3.05, 3.63) is 47.7 Å². The molecule has 2 aliphatic rings. The average molecular weight is 417 g/mol. The minimum atomic E-state index is -1.09. The summed E-state index contributed by atoms with van der Waals surface area (Å²) in [5.41, 5.74) is -0.00318.